The Bertz CT molecular complexity index is 543. The third kappa shape index (κ3) is 8.95. The van der Waals surface area contributed by atoms with E-state index in [9.17, 15) is 14.7 Å². The van der Waals surface area contributed by atoms with Gasteiger partial charge in [-0.3, -0.25) is 0 Å². The first kappa shape index (κ1) is 20.8. The number of carboxylic acid groups (broad SMARTS) is 1. The minimum Gasteiger partial charge on any atom is -0.465 e. The van der Waals surface area contributed by atoms with Gasteiger partial charge in [0.25, 0.3) is 0 Å². The minimum absolute atomic E-state index is 0.357. The maximum atomic E-state index is 11.8. The van der Waals surface area contributed by atoms with Crippen LogP contribution in [-0.4, -0.2) is 65.9 Å². The number of benzene rings is 1. The van der Waals surface area contributed by atoms with Gasteiger partial charge in [0.2, 0.25) is 0 Å². The van der Waals surface area contributed by atoms with Crippen LogP contribution in [0, 0.1) is 0 Å². The summed E-state index contributed by atoms with van der Waals surface area (Å²) in [4.78, 5) is 26.0. The van der Waals surface area contributed by atoms with Crippen molar-refractivity contribution in [2.45, 2.75) is 32.9 Å². The molecule has 0 aliphatic carbocycles. The van der Waals surface area contributed by atoms with Crippen LogP contribution in [0.1, 0.15) is 26.3 Å². The molecule has 7 nitrogen and oxygen atoms in total. The zero-order valence-electron chi connectivity index (χ0n) is 15.5. The Balaban J connectivity index is 2.28. The molecule has 0 heterocycles. The Kier molecular flexibility index (Phi) is 8.21. The van der Waals surface area contributed by atoms with Crippen LogP contribution in [0.25, 0.3) is 0 Å². The van der Waals surface area contributed by atoms with E-state index < -0.39 is 11.7 Å². The van der Waals surface area contributed by atoms with Gasteiger partial charge in [-0.25, -0.2) is 9.59 Å². The van der Waals surface area contributed by atoms with Gasteiger partial charge in [0.05, 0.1) is 0 Å². The molecule has 0 aromatic heterocycles. The van der Waals surface area contributed by atoms with Crippen molar-refractivity contribution in [1.82, 2.24) is 15.1 Å². The van der Waals surface area contributed by atoms with Gasteiger partial charge in [-0.15, -0.1) is 0 Å². The third-order valence-corrected chi connectivity index (χ3v) is 3.37. The average Bonchev–Trinajstić information content (AvgIpc) is 2.52. The summed E-state index contributed by atoms with van der Waals surface area (Å²) in [6, 6.07) is 9.48. The number of carbonyl (C=O) groups is 2. The second-order valence-corrected chi connectivity index (χ2v) is 6.84. The van der Waals surface area contributed by atoms with Gasteiger partial charge in [0, 0.05) is 39.8 Å². The smallest absolute Gasteiger partial charge is 0.410 e. The van der Waals surface area contributed by atoms with Crippen molar-refractivity contribution < 1.29 is 19.4 Å². The van der Waals surface area contributed by atoms with E-state index in [-0.39, 0.29) is 6.09 Å². The summed E-state index contributed by atoms with van der Waals surface area (Å²) in [5.41, 5.74) is 0.438. The normalized spacial score (nSPS) is 11.0. The number of nitrogens with zero attached hydrogens (tertiary/aromatic N) is 2. The predicted octanol–water partition coefficient (Wildman–Crippen LogP) is 2.62. The molecule has 1 aromatic carbocycles. The number of amides is 2. The van der Waals surface area contributed by atoms with Gasteiger partial charge in [0.1, 0.15) is 5.60 Å². The molecule has 2 N–H and O–H groups in total. The summed E-state index contributed by atoms with van der Waals surface area (Å²) in [5, 5.41) is 12.4. The molecule has 0 spiro atoms. The summed E-state index contributed by atoms with van der Waals surface area (Å²) in [5.74, 6) is 0. The molecule has 25 heavy (non-hydrogen) atoms. The molecule has 0 radical (unpaired) electrons. The Hall–Kier alpha value is -2.28. The maximum Gasteiger partial charge on any atom is 0.410 e. The van der Waals surface area contributed by atoms with Crippen LogP contribution in [0.4, 0.5) is 9.59 Å². The lowest BCUT2D eigenvalue weighted by atomic mass is 10.2. The van der Waals surface area contributed by atoms with Gasteiger partial charge < -0.3 is 25.0 Å². The number of hydrogen-bond donors (Lipinski definition) is 2. The van der Waals surface area contributed by atoms with Gasteiger partial charge in [0.15, 0.2) is 0 Å². The highest BCUT2D eigenvalue weighted by atomic mass is 16.6. The lowest BCUT2D eigenvalue weighted by molar-refractivity contribution is 0.0300. The number of likely N-dealkylation sites (N-methyl/N-ethyl adjacent to an activating group) is 1. The third-order valence-electron chi connectivity index (χ3n) is 3.37. The van der Waals surface area contributed by atoms with Crippen LogP contribution in [-0.2, 0) is 11.3 Å². The number of carbonyl (C=O) groups excluding carboxylic acids is 1. The van der Waals surface area contributed by atoms with Crippen molar-refractivity contribution in [2.24, 2.45) is 0 Å². The fourth-order valence-electron chi connectivity index (χ4n) is 2.06. The molecule has 0 saturated heterocycles. The van der Waals surface area contributed by atoms with Gasteiger partial charge in [-0.05, 0) is 26.3 Å². The molecular weight excluding hydrogens is 322 g/mol. The predicted molar refractivity (Wildman–Crippen MR) is 96.6 cm³/mol. The molecule has 0 fully saturated rings. The first-order valence-electron chi connectivity index (χ1n) is 8.35. The summed E-state index contributed by atoms with van der Waals surface area (Å²) < 4.78 is 5.27. The Morgan fingerprint density at radius 2 is 1.72 bits per heavy atom. The molecule has 140 valence electrons. The number of ether oxygens (including phenoxy) is 1. The minimum atomic E-state index is -0.948. The van der Waals surface area contributed by atoms with Crippen molar-refractivity contribution in [1.29, 1.82) is 0 Å². The van der Waals surface area contributed by atoms with E-state index in [1.165, 1.54) is 9.80 Å². The summed E-state index contributed by atoms with van der Waals surface area (Å²) >= 11 is 0. The van der Waals surface area contributed by atoms with Gasteiger partial charge in [-0.2, -0.15) is 0 Å². The summed E-state index contributed by atoms with van der Waals surface area (Å²) in [6.45, 7) is 7.77. The van der Waals surface area contributed by atoms with Crippen molar-refractivity contribution in [2.75, 3.05) is 33.2 Å². The lowest BCUT2D eigenvalue weighted by Gasteiger charge is -2.25. The van der Waals surface area contributed by atoms with Crippen LogP contribution in [0.15, 0.2) is 30.3 Å². The molecule has 0 saturated carbocycles. The standard InChI is InChI=1S/C18H29N3O4/c1-18(2,3)25-17(24)20(4)12-10-19-11-13-21(16(22)23)14-15-8-6-5-7-9-15/h5-9,19H,10-14H2,1-4H3,(H,22,23). The number of nitrogens with one attached hydrogen (secondary N) is 1. The van der Waals surface area contributed by atoms with E-state index in [4.69, 9.17) is 4.74 Å². The van der Waals surface area contributed by atoms with Crippen molar-refractivity contribution in [3.05, 3.63) is 35.9 Å². The molecule has 0 bridgehead atoms. The van der Waals surface area contributed by atoms with E-state index in [1.807, 2.05) is 51.1 Å². The number of rotatable bonds is 8. The summed E-state index contributed by atoms with van der Waals surface area (Å²) in [6.07, 6.45) is -1.32. The van der Waals surface area contributed by atoms with E-state index in [0.717, 1.165) is 5.56 Å². The van der Waals surface area contributed by atoms with E-state index in [1.54, 1.807) is 7.05 Å². The largest absolute Gasteiger partial charge is 0.465 e. The molecule has 1 aromatic rings. The maximum absolute atomic E-state index is 11.8. The summed E-state index contributed by atoms with van der Waals surface area (Å²) in [7, 11) is 1.68. The Labute approximate surface area is 149 Å². The molecule has 0 atom stereocenters. The highest BCUT2D eigenvalue weighted by molar-refractivity contribution is 5.67. The monoisotopic (exact) mass is 351 g/mol. The molecule has 0 aliphatic heterocycles. The molecule has 1 rings (SSSR count). The first-order valence-corrected chi connectivity index (χ1v) is 8.35. The van der Waals surface area contributed by atoms with Crippen LogP contribution in [0.5, 0.6) is 0 Å². The molecular formula is C18H29N3O4. The zero-order chi connectivity index (χ0) is 18.9. The van der Waals surface area contributed by atoms with Crippen LogP contribution < -0.4 is 5.32 Å². The van der Waals surface area contributed by atoms with Crippen LogP contribution >= 0.6 is 0 Å². The average molecular weight is 351 g/mol. The highest BCUT2D eigenvalue weighted by Crippen LogP contribution is 2.08. The molecule has 0 aliphatic rings. The van der Waals surface area contributed by atoms with Crippen molar-refractivity contribution in [3.8, 4) is 0 Å². The molecule has 2 amide bonds. The SMILES string of the molecule is CN(CCNCCN(Cc1ccccc1)C(=O)O)C(=O)OC(C)(C)C. The second kappa shape index (κ2) is 9.88. The fraction of sp³-hybridized carbons (Fsp3) is 0.556. The highest BCUT2D eigenvalue weighted by Gasteiger charge is 2.19. The zero-order valence-corrected chi connectivity index (χ0v) is 15.5. The first-order chi connectivity index (χ1) is 11.7. The van der Waals surface area contributed by atoms with Gasteiger partial charge >= 0.3 is 12.2 Å². The molecule has 7 heteroatoms. The fourth-order valence-corrected chi connectivity index (χ4v) is 2.06. The van der Waals surface area contributed by atoms with Crippen LogP contribution in [0.3, 0.4) is 0 Å². The topological polar surface area (TPSA) is 82.1 Å². The second-order valence-electron chi connectivity index (χ2n) is 6.84. The van der Waals surface area contributed by atoms with Crippen LogP contribution in [0.2, 0.25) is 0 Å². The van der Waals surface area contributed by atoms with E-state index in [2.05, 4.69) is 5.32 Å². The lowest BCUT2D eigenvalue weighted by Crippen LogP contribution is -2.40. The van der Waals surface area contributed by atoms with Gasteiger partial charge in [-0.1, -0.05) is 30.3 Å². The quantitative estimate of drug-likeness (QED) is 0.704. The van der Waals surface area contributed by atoms with Crippen molar-refractivity contribution >= 4 is 12.2 Å². The Morgan fingerprint density at radius 3 is 2.28 bits per heavy atom. The number of hydrogen-bond acceptors (Lipinski definition) is 4. The Morgan fingerprint density at radius 1 is 1.12 bits per heavy atom. The van der Waals surface area contributed by atoms with E-state index in [0.29, 0.717) is 32.7 Å². The van der Waals surface area contributed by atoms with E-state index >= 15 is 0 Å². The van der Waals surface area contributed by atoms with Crippen molar-refractivity contribution in [3.63, 3.8) is 0 Å². The molecule has 0 unspecified atom stereocenters.